The molecule has 0 aliphatic heterocycles. The van der Waals surface area contributed by atoms with Crippen molar-refractivity contribution in [3.63, 3.8) is 0 Å². The minimum atomic E-state index is -0.521. The van der Waals surface area contributed by atoms with Crippen molar-refractivity contribution in [2.45, 2.75) is 57.7 Å². The first kappa shape index (κ1) is 22.3. The Morgan fingerprint density at radius 2 is 1.77 bits per heavy atom. The minimum Gasteiger partial charge on any atom is -0.484 e. The smallest absolute Gasteiger partial charge is 0.261 e. The Bertz CT molecular complexity index is 820. The molecule has 0 spiro atoms. The van der Waals surface area contributed by atoms with E-state index in [9.17, 15) is 9.59 Å². The molecular weight excluding hydrogens is 444 g/mol. The van der Waals surface area contributed by atoms with Gasteiger partial charge in [0.05, 0.1) is 0 Å². The number of benzene rings is 2. The quantitative estimate of drug-likeness (QED) is 0.575. The van der Waals surface area contributed by atoms with Crippen LogP contribution in [0.1, 0.15) is 44.6 Å². The molecular formula is C24H29BrN2O3. The Balaban J connectivity index is 1.72. The van der Waals surface area contributed by atoms with Gasteiger partial charge in [-0.15, -0.1) is 0 Å². The van der Waals surface area contributed by atoms with Gasteiger partial charge in [0, 0.05) is 17.1 Å². The number of ether oxygens (including phenoxy) is 1. The van der Waals surface area contributed by atoms with Crippen molar-refractivity contribution in [1.82, 2.24) is 10.2 Å². The van der Waals surface area contributed by atoms with E-state index in [4.69, 9.17) is 4.74 Å². The Morgan fingerprint density at radius 3 is 2.40 bits per heavy atom. The van der Waals surface area contributed by atoms with Gasteiger partial charge in [0.2, 0.25) is 5.91 Å². The summed E-state index contributed by atoms with van der Waals surface area (Å²) in [6.45, 7) is 2.21. The Kier molecular flexibility index (Phi) is 8.31. The average Bonchev–Trinajstić information content (AvgIpc) is 3.26. The lowest BCUT2D eigenvalue weighted by Crippen LogP contribution is -2.52. The number of nitrogens with zero attached hydrogens (tertiary/aromatic N) is 1. The molecule has 6 heteroatoms. The number of hydrogen-bond donors (Lipinski definition) is 1. The average molecular weight is 473 g/mol. The summed E-state index contributed by atoms with van der Waals surface area (Å²) in [5, 5.41) is 3.15. The fourth-order valence-electron chi connectivity index (χ4n) is 3.83. The third kappa shape index (κ3) is 6.33. The van der Waals surface area contributed by atoms with Gasteiger partial charge in [0.25, 0.3) is 5.91 Å². The third-order valence-corrected chi connectivity index (χ3v) is 5.99. The molecule has 160 valence electrons. The molecule has 1 aliphatic rings. The van der Waals surface area contributed by atoms with Gasteiger partial charge < -0.3 is 15.0 Å². The number of nitrogens with one attached hydrogen (secondary N) is 1. The fraction of sp³-hybridized carbons (Fsp3) is 0.417. The number of hydrogen-bond acceptors (Lipinski definition) is 3. The van der Waals surface area contributed by atoms with E-state index in [1.54, 1.807) is 4.90 Å². The summed E-state index contributed by atoms with van der Waals surface area (Å²) in [6.07, 6.45) is 4.88. The predicted octanol–water partition coefficient (Wildman–Crippen LogP) is 4.69. The van der Waals surface area contributed by atoms with Crippen LogP contribution in [0, 0.1) is 0 Å². The van der Waals surface area contributed by atoms with E-state index in [-0.39, 0.29) is 24.5 Å². The molecule has 30 heavy (non-hydrogen) atoms. The van der Waals surface area contributed by atoms with Crippen molar-refractivity contribution < 1.29 is 14.3 Å². The maximum Gasteiger partial charge on any atom is 0.261 e. The van der Waals surface area contributed by atoms with Gasteiger partial charge in [-0.2, -0.15) is 0 Å². The number of halogens is 1. The van der Waals surface area contributed by atoms with Crippen molar-refractivity contribution in [3.8, 4) is 5.75 Å². The minimum absolute atomic E-state index is 0.0719. The second kappa shape index (κ2) is 11.2. The van der Waals surface area contributed by atoms with Crippen LogP contribution in [-0.4, -0.2) is 35.4 Å². The highest BCUT2D eigenvalue weighted by Crippen LogP contribution is 2.20. The molecule has 1 atom stereocenters. The lowest BCUT2D eigenvalue weighted by Gasteiger charge is -2.31. The first-order valence-corrected chi connectivity index (χ1v) is 11.4. The third-order valence-electron chi connectivity index (χ3n) is 5.46. The Hall–Kier alpha value is -2.34. The molecule has 1 saturated carbocycles. The van der Waals surface area contributed by atoms with Crippen LogP contribution in [0.15, 0.2) is 59.1 Å². The zero-order chi connectivity index (χ0) is 21.3. The van der Waals surface area contributed by atoms with Crippen LogP contribution in [0.5, 0.6) is 5.75 Å². The largest absolute Gasteiger partial charge is 0.484 e. The first-order chi connectivity index (χ1) is 14.6. The molecule has 0 aromatic heterocycles. The van der Waals surface area contributed by atoms with Gasteiger partial charge in [-0.25, -0.2) is 0 Å². The molecule has 2 aromatic carbocycles. The monoisotopic (exact) mass is 472 g/mol. The maximum absolute atomic E-state index is 13.1. The van der Waals surface area contributed by atoms with E-state index in [1.165, 1.54) is 0 Å². The molecule has 1 aliphatic carbocycles. The lowest BCUT2D eigenvalue weighted by molar-refractivity contribution is -0.143. The highest BCUT2D eigenvalue weighted by molar-refractivity contribution is 9.10. The number of carbonyl (C=O) groups excluding carboxylic acids is 2. The van der Waals surface area contributed by atoms with E-state index in [1.807, 2.05) is 61.5 Å². The molecule has 5 nitrogen and oxygen atoms in total. The van der Waals surface area contributed by atoms with E-state index < -0.39 is 6.04 Å². The Labute approximate surface area is 186 Å². The van der Waals surface area contributed by atoms with E-state index >= 15 is 0 Å². The van der Waals surface area contributed by atoms with Crippen LogP contribution in [-0.2, 0) is 16.1 Å². The SMILES string of the molecule is CCC(C(=O)NC1CCCC1)N(Cc1ccccc1)C(=O)COc1ccc(Br)cc1. The summed E-state index contributed by atoms with van der Waals surface area (Å²) in [5.74, 6) is 0.349. The zero-order valence-electron chi connectivity index (χ0n) is 17.4. The summed E-state index contributed by atoms with van der Waals surface area (Å²) in [7, 11) is 0. The number of carbonyl (C=O) groups is 2. The zero-order valence-corrected chi connectivity index (χ0v) is 18.9. The van der Waals surface area contributed by atoms with Gasteiger partial charge in [-0.1, -0.05) is 66.0 Å². The van der Waals surface area contributed by atoms with Crippen molar-refractivity contribution in [2.75, 3.05) is 6.61 Å². The maximum atomic E-state index is 13.1. The van der Waals surface area contributed by atoms with Crippen LogP contribution in [0.4, 0.5) is 0 Å². The van der Waals surface area contributed by atoms with Crippen LogP contribution < -0.4 is 10.1 Å². The second-order valence-electron chi connectivity index (χ2n) is 7.66. The molecule has 2 aromatic rings. The summed E-state index contributed by atoms with van der Waals surface area (Å²) in [5.41, 5.74) is 0.988. The fourth-order valence-corrected chi connectivity index (χ4v) is 4.09. The van der Waals surface area contributed by atoms with Crippen molar-refractivity contribution in [1.29, 1.82) is 0 Å². The molecule has 0 radical (unpaired) electrons. The highest BCUT2D eigenvalue weighted by atomic mass is 79.9. The van der Waals surface area contributed by atoms with Crippen LogP contribution in [0.3, 0.4) is 0 Å². The van der Waals surface area contributed by atoms with Crippen LogP contribution >= 0.6 is 15.9 Å². The van der Waals surface area contributed by atoms with Gasteiger partial charge in [0.15, 0.2) is 6.61 Å². The second-order valence-corrected chi connectivity index (χ2v) is 8.58. The highest BCUT2D eigenvalue weighted by Gasteiger charge is 2.30. The predicted molar refractivity (Wildman–Crippen MR) is 121 cm³/mol. The summed E-state index contributed by atoms with van der Waals surface area (Å²) >= 11 is 3.39. The van der Waals surface area contributed by atoms with Gasteiger partial charge in [0.1, 0.15) is 11.8 Å². The molecule has 0 bridgehead atoms. The molecule has 2 amide bonds. The molecule has 3 rings (SSSR count). The summed E-state index contributed by atoms with van der Waals surface area (Å²) < 4.78 is 6.65. The standard InChI is InChI=1S/C24H29BrN2O3/c1-2-22(24(29)26-20-10-6-7-11-20)27(16-18-8-4-3-5-9-18)23(28)17-30-21-14-12-19(25)13-15-21/h3-5,8-9,12-15,20,22H,2,6-7,10-11,16-17H2,1H3,(H,26,29). The lowest BCUT2D eigenvalue weighted by atomic mass is 10.1. The van der Waals surface area contributed by atoms with Gasteiger partial charge >= 0.3 is 0 Å². The van der Waals surface area contributed by atoms with Crippen LogP contribution in [0.25, 0.3) is 0 Å². The Morgan fingerprint density at radius 1 is 1.10 bits per heavy atom. The number of amides is 2. The van der Waals surface area contributed by atoms with E-state index in [0.717, 1.165) is 35.7 Å². The first-order valence-electron chi connectivity index (χ1n) is 10.6. The van der Waals surface area contributed by atoms with E-state index in [2.05, 4.69) is 21.2 Å². The topological polar surface area (TPSA) is 58.6 Å². The van der Waals surface area contributed by atoms with Crippen LogP contribution in [0.2, 0.25) is 0 Å². The van der Waals surface area contributed by atoms with Gasteiger partial charge in [-0.05, 0) is 49.1 Å². The molecule has 1 unspecified atom stereocenters. The van der Waals surface area contributed by atoms with Crippen molar-refractivity contribution in [2.24, 2.45) is 0 Å². The summed E-state index contributed by atoms with van der Waals surface area (Å²) in [6, 6.07) is 16.8. The molecule has 1 N–H and O–H groups in total. The normalized spacial score (nSPS) is 14.9. The number of rotatable bonds is 9. The van der Waals surface area contributed by atoms with Gasteiger partial charge in [-0.3, -0.25) is 9.59 Å². The van der Waals surface area contributed by atoms with E-state index in [0.29, 0.717) is 18.7 Å². The molecule has 1 fully saturated rings. The van der Waals surface area contributed by atoms with Crippen molar-refractivity contribution in [3.05, 3.63) is 64.6 Å². The van der Waals surface area contributed by atoms with Crippen molar-refractivity contribution >= 4 is 27.7 Å². The molecule has 0 heterocycles. The summed E-state index contributed by atoms with van der Waals surface area (Å²) in [4.78, 5) is 27.8. The molecule has 0 saturated heterocycles.